The third-order valence-corrected chi connectivity index (χ3v) is 4.65. The van der Waals surface area contributed by atoms with E-state index in [9.17, 15) is 0 Å². The number of imidazole rings is 1. The molecule has 3 aromatic rings. The van der Waals surface area contributed by atoms with Crippen LogP contribution in [0.4, 0.5) is 5.00 Å². The summed E-state index contributed by atoms with van der Waals surface area (Å²) in [6.07, 6.45) is 8.21. The van der Waals surface area contributed by atoms with Crippen molar-refractivity contribution in [1.29, 1.82) is 0 Å². The highest BCUT2D eigenvalue weighted by Crippen LogP contribution is 2.29. The molecule has 1 aliphatic rings. The molecule has 0 saturated heterocycles. The lowest BCUT2D eigenvalue weighted by atomic mass is 10.2. The lowest BCUT2D eigenvalue weighted by Crippen LogP contribution is -2.09. The van der Waals surface area contributed by atoms with Crippen LogP contribution < -0.4 is 5.32 Å². The number of thiazole rings is 1. The summed E-state index contributed by atoms with van der Waals surface area (Å²) in [5.41, 5.74) is 3.21. The Morgan fingerprint density at radius 2 is 2.00 bits per heavy atom. The Balaban J connectivity index is 1.54. The molecule has 3 heterocycles. The number of hydrogen-bond acceptors (Lipinski definition) is 4. The minimum absolute atomic E-state index is 0.889. The SMILES string of the molecule is C(=C\c1nc2c(s1)NCCC2)/c1c[nH]c(-c2ccccc2)n1. The minimum Gasteiger partial charge on any atom is -0.375 e. The van der Waals surface area contributed by atoms with E-state index in [0.717, 1.165) is 35.1 Å². The molecule has 2 aromatic heterocycles. The average Bonchev–Trinajstić information content (AvgIpc) is 3.20. The van der Waals surface area contributed by atoms with Crippen molar-refractivity contribution in [2.75, 3.05) is 11.9 Å². The van der Waals surface area contributed by atoms with Gasteiger partial charge in [-0.25, -0.2) is 9.97 Å². The Hall–Kier alpha value is -2.40. The molecule has 0 amide bonds. The predicted octanol–water partition coefficient (Wildman–Crippen LogP) is 4.06. The zero-order valence-electron chi connectivity index (χ0n) is 12.0. The second-order valence-corrected chi connectivity index (χ2v) is 6.26. The molecule has 0 radical (unpaired) electrons. The second-order valence-electron chi connectivity index (χ2n) is 5.23. The first-order valence-electron chi connectivity index (χ1n) is 7.41. The molecule has 0 atom stereocenters. The Morgan fingerprint density at radius 1 is 1.09 bits per heavy atom. The molecule has 0 saturated carbocycles. The molecule has 1 aliphatic heterocycles. The van der Waals surface area contributed by atoms with Crippen LogP contribution in [0.25, 0.3) is 23.5 Å². The van der Waals surface area contributed by atoms with Crippen molar-refractivity contribution < 1.29 is 0 Å². The number of benzene rings is 1. The van der Waals surface area contributed by atoms with E-state index in [1.54, 1.807) is 11.3 Å². The summed E-state index contributed by atoms with van der Waals surface area (Å²) in [5, 5.41) is 5.66. The number of nitrogens with one attached hydrogen (secondary N) is 2. The average molecular weight is 308 g/mol. The number of aryl methyl sites for hydroxylation is 1. The molecule has 4 nitrogen and oxygen atoms in total. The van der Waals surface area contributed by atoms with E-state index in [4.69, 9.17) is 0 Å². The van der Waals surface area contributed by atoms with Crippen molar-refractivity contribution in [3.05, 3.63) is 52.9 Å². The molecule has 0 bridgehead atoms. The van der Waals surface area contributed by atoms with Crippen LogP contribution in [0.1, 0.15) is 22.8 Å². The van der Waals surface area contributed by atoms with Crippen LogP contribution in [-0.4, -0.2) is 21.5 Å². The van der Waals surface area contributed by atoms with Gasteiger partial charge in [0.25, 0.3) is 0 Å². The molecular formula is C17H16N4S. The van der Waals surface area contributed by atoms with Crippen LogP contribution in [0.15, 0.2) is 36.5 Å². The number of fused-ring (bicyclic) bond motifs is 1. The highest BCUT2D eigenvalue weighted by atomic mass is 32.1. The number of hydrogen-bond donors (Lipinski definition) is 2. The van der Waals surface area contributed by atoms with Crippen molar-refractivity contribution in [2.45, 2.75) is 12.8 Å². The van der Waals surface area contributed by atoms with E-state index >= 15 is 0 Å². The molecule has 0 aliphatic carbocycles. The summed E-state index contributed by atoms with van der Waals surface area (Å²) in [5.74, 6) is 0.889. The van der Waals surface area contributed by atoms with Crippen molar-refractivity contribution in [2.24, 2.45) is 0 Å². The molecule has 22 heavy (non-hydrogen) atoms. The van der Waals surface area contributed by atoms with Gasteiger partial charge in [-0.15, -0.1) is 0 Å². The smallest absolute Gasteiger partial charge is 0.138 e. The van der Waals surface area contributed by atoms with Gasteiger partial charge in [0.15, 0.2) is 0 Å². The lowest BCUT2D eigenvalue weighted by Gasteiger charge is -2.10. The first kappa shape index (κ1) is 13.3. The fourth-order valence-electron chi connectivity index (χ4n) is 2.53. The van der Waals surface area contributed by atoms with Gasteiger partial charge in [-0.05, 0) is 25.0 Å². The first-order chi connectivity index (χ1) is 10.9. The van der Waals surface area contributed by atoms with Gasteiger partial charge < -0.3 is 10.3 Å². The van der Waals surface area contributed by atoms with Gasteiger partial charge in [0, 0.05) is 18.3 Å². The number of H-pyrrole nitrogens is 1. The second kappa shape index (κ2) is 5.77. The zero-order valence-corrected chi connectivity index (χ0v) is 12.9. The summed E-state index contributed by atoms with van der Waals surface area (Å²) in [6, 6.07) is 10.1. The molecule has 2 N–H and O–H groups in total. The summed E-state index contributed by atoms with van der Waals surface area (Å²) in [6.45, 7) is 1.05. The van der Waals surface area contributed by atoms with Gasteiger partial charge in [-0.2, -0.15) is 0 Å². The van der Waals surface area contributed by atoms with Crippen LogP contribution in [-0.2, 0) is 6.42 Å². The summed E-state index contributed by atoms with van der Waals surface area (Å²) >= 11 is 1.71. The maximum absolute atomic E-state index is 4.66. The maximum Gasteiger partial charge on any atom is 0.138 e. The third kappa shape index (κ3) is 2.67. The van der Waals surface area contributed by atoms with Crippen molar-refractivity contribution >= 4 is 28.5 Å². The van der Waals surface area contributed by atoms with Crippen molar-refractivity contribution in [1.82, 2.24) is 15.0 Å². The number of nitrogens with zero attached hydrogens (tertiary/aromatic N) is 2. The molecule has 0 fully saturated rings. The van der Waals surface area contributed by atoms with Gasteiger partial charge in [0.05, 0.1) is 11.4 Å². The first-order valence-corrected chi connectivity index (χ1v) is 8.22. The normalized spacial score (nSPS) is 14.0. The standard InChI is InChI=1S/C17H16N4S/c1-2-5-12(6-3-1)16-19-11-13(20-16)8-9-15-21-14-7-4-10-18-17(14)22-15/h1-3,5-6,8-9,11,18H,4,7,10H2,(H,19,20)/b9-8+. The molecule has 110 valence electrons. The predicted molar refractivity (Wildman–Crippen MR) is 91.9 cm³/mol. The largest absolute Gasteiger partial charge is 0.375 e. The van der Waals surface area contributed by atoms with Crippen LogP contribution >= 0.6 is 11.3 Å². The number of aromatic nitrogens is 3. The van der Waals surface area contributed by atoms with E-state index < -0.39 is 0 Å². The molecule has 1 aromatic carbocycles. The fraction of sp³-hybridized carbons (Fsp3) is 0.176. The van der Waals surface area contributed by atoms with E-state index in [0.29, 0.717) is 0 Å². The topological polar surface area (TPSA) is 53.6 Å². The summed E-state index contributed by atoms with van der Waals surface area (Å²) in [7, 11) is 0. The maximum atomic E-state index is 4.66. The van der Waals surface area contributed by atoms with Gasteiger partial charge in [-0.1, -0.05) is 41.7 Å². The van der Waals surface area contributed by atoms with E-state index in [1.165, 1.54) is 17.1 Å². The minimum atomic E-state index is 0.889. The summed E-state index contributed by atoms with van der Waals surface area (Å²) in [4.78, 5) is 12.5. The van der Waals surface area contributed by atoms with E-state index in [-0.39, 0.29) is 0 Å². The van der Waals surface area contributed by atoms with Gasteiger partial charge in [0.1, 0.15) is 15.8 Å². The van der Waals surface area contributed by atoms with Gasteiger partial charge >= 0.3 is 0 Å². The molecule has 0 spiro atoms. The number of rotatable bonds is 3. The van der Waals surface area contributed by atoms with Crippen LogP contribution in [0.3, 0.4) is 0 Å². The Labute approximate surface area is 133 Å². The highest BCUT2D eigenvalue weighted by molar-refractivity contribution is 7.16. The van der Waals surface area contributed by atoms with Crippen molar-refractivity contribution in [3.8, 4) is 11.4 Å². The van der Waals surface area contributed by atoms with Crippen LogP contribution in [0.5, 0.6) is 0 Å². The molecular weight excluding hydrogens is 292 g/mol. The quantitative estimate of drug-likeness (QED) is 0.767. The Morgan fingerprint density at radius 3 is 2.86 bits per heavy atom. The fourth-order valence-corrected chi connectivity index (χ4v) is 3.47. The van der Waals surface area contributed by atoms with E-state index in [1.807, 2.05) is 48.7 Å². The number of aromatic amines is 1. The number of anilines is 1. The Kier molecular flexibility index (Phi) is 3.48. The zero-order chi connectivity index (χ0) is 14.8. The molecule has 5 heteroatoms. The highest BCUT2D eigenvalue weighted by Gasteiger charge is 2.13. The third-order valence-electron chi connectivity index (χ3n) is 3.63. The van der Waals surface area contributed by atoms with Gasteiger partial charge in [0.2, 0.25) is 0 Å². The van der Waals surface area contributed by atoms with E-state index in [2.05, 4.69) is 20.3 Å². The lowest BCUT2D eigenvalue weighted by molar-refractivity contribution is 0.813. The Bertz CT molecular complexity index is 778. The monoisotopic (exact) mass is 308 g/mol. The molecule has 0 unspecified atom stereocenters. The van der Waals surface area contributed by atoms with Crippen LogP contribution in [0.2, 0.25) is 0 Å². The molecule has 4 rings (SSSR count). The van der Waals surface area contributed by atoms with Gasteiger partial charge in [-0.3, -0.25) is 0 Å². The van der Waals surface area contributed by atoms with Crippen molar-refractivity contribution in [3.63, 3.8) is 0 Å². The van der Waals surface area contributed by atoms with Crippen LogP contribution in [0, 0.1) is 0 Å². The summed E-state index contributed by atoms with van der Waals surface area (Å²) < 4.78 is 0.